The molecule has 0 atom stereocenters. The highest BCUT2D eigenvalue weighted by Gasteiger charge is 2.05. The quantitative estimate of drug-likeness (QED) is 0.873. The molecule has 17 heavy (non-hydrogen) atoms. The number of anilines is 1. The molecule has 0 bridgehead atoms. The minimum absolute atomic E-state index is 0.884. The first-order valence-corrected chi connectivity index (χ1v) is 6.45. The number of nitrogens with zero attached hydrogens (tertiary/aromatic N) is 2. The molecule has 4 heteroatoms. The minimum atomic E-state index is 0.884. The van der Waals surface area contributed by atoms with Gasteiger partial charge in [-0.2, -0.15) is 0 Å². The summed E-state index contributed by atoms with van der Waals surface area (Å²) in [6, 6.07) is 8.15. The predicted octanol–water partition coefficient (Wildman–Crippen LogP) is 3.67. The Morgan fingerprint density at radius 3 is 2.71 bits per heavy atom. The van der Waals surface area contributed by atoms with E-state index in [1.807, 2.05) is 30.3 Å². The lowest BCUT2D eigenvalue weighted by molar-refractivity contribution is 0.964. The van der Waals surface area contributed by atoms with Crippen molar-refractivity contribution in [1.82, 2.24) is 10.2 Å². The number of rotatable bonds is 5. The monoisotopic (exact) mass is 245 g/mol. The van der Waals surface area contributed by atoms with Gasteiger partial charge in [0.15, 0.2) is 0 Å². The number of benzene rings is 1. The number of nitrogens with one attached hydrogen (secondary N) is 1. The van der Waals surface area contributed by atoms with Crippen LogP contribution < -0.4 is 5.32 Å². The molecule has 1 N–H and O–H groups in total. The minimum Gasteiger partial charge on any atom is -0.360 e. The van der Waals surface area contributed by atoms with E-state index in [2.05, 4.69) is 29.0 Å². The zero-order chi connectivity index (χ0) is 12.1. The van der Waals surface area contributed by atoms with Gasteiger partial charge in [-0.05, 0) is 12.0 Å². The second kappa shape index (κ2) is 5.59. The summed E-state index contributed by atoms with van der Waals surface area (Å²) in [5.41, 5.74) is 2.21. The summed E-state index contributed by atoms with van der Waals surface area (Å²) in [5, 5.41) is 13.3. The first-order chi connectivity index (χ1) is 8.33. The van der Waals surface area contributed by atoms with Gasteiger partial charge in [-0.3, -0.25) is 0 Å². The number of aromatic nitrogens is 2. The van der Waals surface area contributed by atoms with E-state index in [0.29, 0.717) is 0 Å². The van der Waals surface area contributed by atoms with Crippen LogP contribution in [0, 0.1) is 0 Å². The fourth-order valence-electron chi connectivity index (χ4n) is 1.41. The molecule has 0 saturated carbocycles. The normalized spacial score (nSPS) is 10.2. The van der Waals surface area contributed by atoms with Crippen molar-refractivity contribution in [2.45, 2.75) is 13.3 Å². The predicted molar refractivity (Wildman–Crippen MR) is 74.2 cm³/mol. The van der Waals surface area contributed by atoms with Gasteiger partial charge in [0.2, 0.25) is 5.13 Å². The van der Waals surface area contributed by atoms with Gasteiger partial charge in [0.05, 0.1) is 0 Å². The Labute approximate surface area is 105 Å². The molecule has 0 unspecified atom stereocenters. The second-order valence-electron chi connectivity index (χ2n) is 3.67. The topological polar surface area (TPSA) is 37.8 Å². The summed E-state index contributed by atoms with van der Waals surface area (Å²) in [6.07, 6.45) is 2.92. The third kappa shape index (κ3) is 2.91. The van der Waals surface area contributed by atoms with Gasteiger partial charge in [0.1, 0.15) is 5.01 Å². The Hall–Kier alpha value is -1.68. The van der Waals surface area contributed by atoms with Crippen molar-refractivity contribution in [3.8, 4) is 10.6 Å². The molecule has 0 spiro atoms. The SMILES string of the molecule is C=Cc1ccc(-c2nnc(NCCC)s2)cc1. The molecule has 0 aliphatic rings. The van der Waals surface area contributed by atoms with Gasteiger partial charge in [-0.15, -0.1) is 10.2 Å². The molecule has 2 rings (SSSR count). The molecule has 0 fully saturated rings. The summed E-state index contributed by atoms with van der Waals surface area (Å²) < 4.78 is 0. The molecular weight excluding hydrogens is 230 g/mol. The van der Waals surface area contributed by atoms with Crippen LogP contribution in [0.15, 0.2) is 30.8 Å². The molecule has 0 amide bonds. The Kier molecular flexibility index (Phi) is 3.88. The largest absolute Gasteiger partial charge is 0.360 e. The summed E-state index contributed by atoms with van der Waals surface area (Å²) in [4.78, 5) is 0. The average Bonchev–Trinajstić information content (AvgIpc) is 2.85. The van der Waals surface area contributed by atoms with Crippen molar-refractivity contribution in [2.75, 3.05) is 11.9 Å². The Balaban J connectivity index is 2.15. The van der Waals surface area contributed by atoms with Crippen LogP contribution in [0.1, 0.15) is 18.9 Å². The molecule has 2 aromatic rings. The number of hydrogen-bond donors (Lipinski definition) is 1. The van der Waals surface area contributed by atoms with Gasteiger partial charge in [-0.1, -0.05) is 55.2 Å². The van der Waals surface area contributed by atoms with Crippen LogP contribution in [-0.2, 0) is 0 Å². The highest BCUT2D eigenvalue weighted by Crippen LogP contribution is 2.26. The van der Waals surface area contributed by atoms with Gasteiger partial charge < -0.3 is 5.32 Å². The first-order valence-electron chi connectivity index (χ1n) is 5.63. The van der Waals surface area contributed by atoms with E-state index in [1.54, 1.807) is 11.3 Å². The molecular formula is C13H15N3S. The summed E-state index contributed by atoms with van der Waals surface area (Å²) in [5.74, 6) is 0. The first kappa shape index (κ1) is 11.8. The van der Waals surface area contributed by atoms with E-state index in [0.717, 1.165) is 34.2 Å². The van der Waals surface area contributed by atoms with E-state index < -0.39 is 0 Å². The lowest BCUT2D eigenvalue weighted by Crippen LogP contribution is -1.98. The standard InChI is InChI=1S/C13H15N3S/c1-3-9-14-13-16-15-12(17-13)11-7-5-10(4-2)6-8-11/h4-8H,2-3,9H2,1H3,(H,14,16). The zero-order valence-electron chi connectivity index (χ0n) is 9.81. The third-order valence-electron chi connectivity index (χ3n) is 2.34. The molecule has 0 radical (unpaired) electrons. The van der Waals surface area contributed by atoms with Crippen molar-refractivity contribution in [3.05, 3.63) is 36.4 Å². The third-order valence-corrected chi connectivity index (χ3v) is 3.27. The molecule has 0 aliphatic carbocycles. The summed E-state index contributed by atoms with van der Waals surface area (Å²) in [7, 11) is 0. The molecule has 0 aliphatic heterocycles. The van der Waals surface area contributed by atoms with Crippen LogP contribution in [0.4, 0.5) is 5.13 Å². The van der Waals surface area contributed by atoms with Crippen molar-refractivity contribution >= 4 is 22.5 Å². The van der Waals surface area contributed by atoms with Crippen LogP contribution >= 0.6 is 11.3 Å². The highest BCUT2D eigenvalue weighted by atomic mass is 32.1. The maximum atomic E-state index is 4.18. The van der Waals surface area contributed by atoms with Gasteiger partial charge in [-0.25, -0.2) is 0 Å². The van der Waals surface area contributed by atoms with E-state index in [1.165, 1.54) is 0 Å². The van der Waals surface area contributed by atoms with Crippen LogP contribution in [0.25, 0.3) is 16.6 Å². The van der Waals surface area contributed by atoms with E-state index in [9.17, 15) is 0 Å². The Morgan fingerprint density at radius 1 is 1.29 bits per heavy atom. The van der Waals surface area contributed by atoms with Gasteiger partial charge in [0.25, 0.3) is 0 Å². The van der Waals surface area contributed by atoms with Gasteiger partial charge >= 0.3 is 0 Å². The summed E-state index contributed by atoms with van der Waals surface area (Å²) in [6.45, 7) is 6.80. The van der Waals surface area contributed by atoms with Crippen molar-refractivity contribution in [1.29, 1.82) is 0 Å². The summed E-state index contributed by atoms with van der Waals surface area (Å²) >= 11 is 1.58. The van der Waals surface area contributed by atoms with Crippen molar-refractivity contribution in [3.63, 3.8) is 0 Å². The lowest BCUT2D eigenvalue weighted by atomic mass is 10.1. The molecule has 1 aromatic heterocycles. The average molecular weight is 245 g/mol. The number of hydrogen-bond acceptors (Lipinski definition) is 4. The lowest BCUT2D eigenvalue weighted by Gasteiger charge is -1.97. The fourth-order valence-corrected chi connectivity index (χ4v) is 2.18. The van der Waals surface area contributed by atoms with Crippen LogP contribution in [0.2, 0.25) is 0 Å². The highest BCUT2D eigenvalue weighted by molar-refractivity contribution is 7.18. The van der Waals surface area contributed by atoms with E-state index in [-0.39, 0.29) is 0 Å². The van der Waals surface area contributed by atoms with Crippen LogP contribution in [0.3, 0.4) is 0 Å². The van der Waals surface area contributed by atoms with Crippen LogP contribution in [0.5, 0.6) is 0 Å². The molecule has 88 valence electrons. The molecule has 1 aromatic carbocycles. The molecule has 1 heterocycles. The van der Waals surface area contributed by atoms with E-state index >= 15 is 0 Å². The zero-order valence-corrected chi connectivity index (χ0v) is 10.6. The van der Waals surface area contributed by atoms with Crippen molar-refractivity contribution < 1.29 is 0 Å². The molecule has 3 nitrogen and oxygen atoms in total. The Bertz CT molecular complexity index is 488. The van der Waals surface area contributed by atoms with Crippen LogP contribution in [-0.4, -0.2) is 16.7 Å². The Morgan fingerprint density at radius 2 is 2.06 bits per heavy atom. The maximum Gasteiger partial charge on any atom is 0.206 e. The second-order valence-corrected chi connectivity index (χ2v) is 4.64. The maximum absolute atomic E-state index is 4.18. The van der Waals surface area contributed by atoms with Crippen molar-refractivity contribution in [2.24, 2.45) is 0 Å². The van der Waals surface area contributed by atoms with E-state index in [4.69, 9.17) is 0 Å². The van der Waals surface area contributed by atoms with Gasteiger partial charge in [0, 0.05) is 12.1 Å². The molecule has 0 saturated heterocycles. The fraction of sp³-hybridized carbons (Fsp3) is 0.231. The smallest absolute Gasteiger partial charge is 0.206 e.